The van der Waals surface area contributed by atoms with Gasteiger partial charge in [-0.05, 0) is 25.8 Å². The molecule has 2 aliphatic heterocycles. The van der Waals surface area contributed by atoms with Crippen LogP contribution >= 0.6 is 11.3 Å². The van der Waals surface area contributed by atoms with Crippen LogP contribution in [0.5, 0.6) is 5.75 Å². The number of para-hydroxylation sites is 1. The Morgan fingerprint density at radius 1 is 1.39 bits per heavy atom. The molecule has 1 aromatic carbocycles. The van der Waals surface area contributed by atoms with Gasteiger partial charge in [0.25, 0.3) is 0 Å². The molecular weight excluding hydrogens is 310 g/mol. The van der Waals surface area contributed by atoms with E-state index < -0.39 is 0 Å². The Bertz CT molecular complexity index is 704. The number of carbonyl (C=O) groups excluding carboxylic acids is 1. The third kappa shape index (κ3) is 2.33. The molecule has 0 radical (unpaired) electrons. The van der Waals surface area contributed by atoms with Crippen molar-refractivity contribution in [2.45, 2.75) is 32.0 Å². The van der Waals surface area contributed by atoms with Gasteiger partial charge in [0.1, 0.15) is 11.9 Å². The van der Waals surface area contributed by atoms with Gasteiger partial charge in [-0.1, -0.05) is 18.2 Å². The Morgan fingerprint density at radius 3 is 3.04 bits per heavy atom. The lowest BCUT2D eigenvalue weighted by Crippen LogP contribution is -2.32. The van der Waals surface area contributed by atoms with Crippen molar-refractivity contribution >= 4 is 22.4 Å². The molecule has 0 aliphatic carbocycles. The van der Waals surface area contributed by atoms with Gasteiger partial charge < -0.3 is 4.74 Å². The highest BCUT2D eigenvalue weighted by Crippen LogP contribution is 2.45. The Kier molecular flexibility index (Phi) is 3.79. The molecule has 2 saturated heterocycles. The molecule has 2 atom stereocenters. The zero-order valence-corrected chi connectivity index (χ0v) is 13.8. The number of benzene rings is 1. The minimum Gasteiger partial charge on any atom is -0.493 e. The fraction of sp³-hybridized carbons (Fsp3) is 0.412. The third-order valence-corrected chi connectivity index (χ3v) is 5.27. The summed E-state index contributed by atoms with van der Waals surface area (Å²) in [5, 5.41) is 2.68. The summed E-state index contributed by atoms with van der Waals surface area (Å²) >= 11 is 1.51. The van der Waals surface area contributed by atoms with E-state index in [9.17, 15) is 4.79 Å². The standard InChI is InChI=1S/C17H19N3O2S/c1-2-22-14-8-4-3-6-12(14)15-19-10-5-7-13(19)16(21)20(15)17-18-9-11-23-17/h3-4,6,8-9,11,13,15H,2,5,7,10H2,1H3/t13-,15+/m0/s1. The van der Waals surface area contributed by atoms with E-state index in [0.29, 0.717) is 6.61 Å². The second kappa shape index (κ2) is 5.94. The Labute approximate surface area is 139 Å². The molecule has 1 amide bonds. The first-order chi connectivity index (χ1) is 11.3. The molecule has 3 heterocycles. The van der Waals surface area contributed by atoms with Crippen molar-refractivity contribution in [2.24, 2.45) is 0 Å². The van der Waals surface area contributed by atoms with Crippen molar-refractivity contribution in [3.05, 3.63) is 41.4 Å². The van der Waals surface area contributed by atoms with Crippen molar-refractivity contribution in [3.8, 4) is 5.75 Å². The van der Waals surface area contributed by atoms with Crippen LogP contribution in [0, 0.1) is 0 Å². The second-order valence-corrected chi connectivity index (χ2v) is 6.64. The maximum Gasteiger partial charge on any atom is 0.247 e. The highest BCUT2D eigenvalue weighted by molar-refractivity contribution is 7.13. The van der Waals surface area contributed by atoms with Gasteiger partial charge in [0.15, 0.2) is 5.13 Å². The molecule has 0 unspecified atom stereocenters. The number of fused-ring (bicyclic) bond motifs is 1. The summed E-state index contributed by atoms with van der Waals surface area (Å²) in [5.41, 5.74) is 1.04. The van der Waals surface area contributed by atoms with Crippen LogP contribution in [0.3, 0.4) is 0 Å². The smallest absolute Gasteiger partial charge is 0.247 e. The number of thiazole rings is 1. The summed E-state index contributed by atoms with van der Waals surface area (Å²) in [7, 11) is 0. The van der Waals surface area contributed by atoms with Gasteiger partial charge in [0.2, 0.25) is 5.91 Å². The summed E-state index contributed by atoms with van der Waals surface area (Å²) in [6.45, 7) is 3.52. The minimum absolute atomic E-state index is 0.0291. The molecule has 6 heteroatoms. The second-order valence-electron chi connectivity index (χ2n) is 5.76. The zero-order valence-electron chi connectivity index (χ0n) is 13.0. The molecular formula is C17H19N3O2S. The molecule has 5 nitrogen and oxygen atoms in total. The van der Waals surface area contributed by atoms with E-state index in [2.05, 4.69) is 16.0 Å². The first-order valence-corrected chi connectivity index (χ1v) is 8.89. The average molecular weight is 329 g/mol. The molecule has 2 aliphatic rings. The molecule has 23 heavy (non-hydrogen) atoms. The predicted molar refractivity (Wildman–Crippen MR) is 89.7 cm³/mol. The zero-order chi connectivity index (χ0) is 15.8. The molecule has 0 spiro atoms. The summed E-state index contributed by atoms with van der Waals surface area (Å²) in [6.07, 6.45) is 3.62. The van der Waals surface area contributed by atoms with Gasteiger partial charge in [-0.3, -0.25) is 14.6 Å². The molecule has 2 aromatic rings. The molecule has 4 rings (SSSR count). The van der Waals surface area contributed by atoms with Crippen LogP contribution in [-0.2, 0) is 4.79 Å². The van der Waals surface area contributed by atoms with Gasteiger partial charge in [-0.15, -0.1) is 11.3 Å². The lowest BCUT2D eigenvalue weighted by molar-refractivity contribution is -0.119. The summed E-state index contributed by atoms with van der Waals surface area (Å²) in [4.78, 5) is 21.5. The first-order valence-electron chi connectivity index (χ1n) is 8.01. The van der Waals surface area contributed by atoms with Crippen LogP contribution in [0.1, 0.15) is 31.5 Å². The van der Waals surface area contributed by atoms with Crippen LogP contribution in [0.4, 0.5) is 5.13 Å². The first kappa shape index (κ1) is 14.7. The van der Waals surface area contributed by atoms with E-state index in [0.717, 1.165) is 35.8 Å². The number of hydrogen-bond donors (Lipinski definition) is 0. The van der Waals surface area contributed by atoms with Crippen molar-refractivity contribution < 1.29 is 9.53 Å². The molecule has 0 bridgehead atoms. The van der Waals surface area contributed by atoms with Crippen LogP contribution in [0.25, 0.3) is 0 Å². The minimum atomic E-state index is -0.121. The Morgan fingerprint density at radius 2 is 2.26 bits per heavy atom. The van der Waals surface area contributed by atoms with E-state index in [-0.39, 0.29) is 18.1 Å². The number of hydrogen-bond acceptors (Lipinski definition) is 5. The Hall–Kier alpha value is -1.92. The third-order valence-electron chi connectivity index (χ3n) is 4.50. The lowest BCUT2D eigenvalue weighted by atomic mass is 10.1. The van der Waals surface area contributed by atoms with Gasteiger partial charge in [0, 0.05) is 23.7 Å². The molecule has 120 valence electrons. The molecule has 0 N–H and O–H groups in total. The quantitative estimate of drug-likeness (QED) is 0.865. The molecule has 2 fully saturated rings. The highest BCUT2D eigenvalue weighted by Gasteiger charge is 2.50. The average Bonchev–Trinajstić information content (AvgIpc) is 3.27. The van der Waals surface area contributed by atoms with E-state index >= 15 is 0 Å². The van der Waals surface area contributed by atoms with Gasteiger partial charge in [-0.2, -0.15) is 0 Å². The largest absolute Gasteiger partial charge is 0.493 e. The maximum atomic E-state index is 12.9. The van der Waals surface area contributed by atoms with E-state index in [1.165, 1.54) is 11.3 Å². The van der Waals surface area contributed by atoms with Gasteiger partial charge in [0.05, 0.1) is 12.6 Å². The fourth-order valence-electron chi connectivity index (χ4n) is 3.61. The SMILES string of the molecule is CCOc1ccccc1[C@H]1N(c2nccs2)C(=O)[C@@H]2CCCN21. The monoisotopic (exact) mass is 329 g/mol. The van der Waals surface area contributed by atoms with Crippen molar-refractivity contribution in [1.29, 1.82) is 0 Å². The lowest BCUT2D eigenvalue weighted by Gasteiger charge is -2.29. The number of anilines is 1. The van der Waals surface area contributed by atoms with Gasteiger partial charge >= 0.3 is 0 Å². The predicted octanol–water partition coefficient (Wildman–Crippen LogP) is 3.05. The number of carbonyl (C=O) groups is 1. The number of amides is 1. The van der Waals surface area contributed by atoms with Crippen LogP contribution in [0.2, 0.25) is 0 Å². The normalized spacial score (nSPS) is 24.2. The maximum absolute atomic E-state index is 12.9. The molecule has 1 aromatic heterocycles. The summed E-state index contributed by atoms with van der Waals surface area (Å²) < 4.78 is 5.82. The van der Waals surface area contributed by atoms with Crippen LogP contribution in [0.15, 0.2) is 35.8 Å². The number of nitrogens with zero attached hydrogens (tertiary/aromatic N) is 3. The molecule has 0 saturated carbocycles. The van der Waals surface area contributed by atoms with E-state index in [1.54, 1.807) is 6.20 Å². The number of rotatable bonds is 4. The number of aromatic nitrogens is 1. The van der Waals surface area contributed by atoms with E-state index in [4.69, 9.17) is 4.74 Å². The van der Waals surface area contributed by atoms with E-state index in [1.807, 2.05) is 35.4 Å². The van der Waals surface area contributed by atoms with Crippen molar-refractivity contribution in [3.63, 3.8) is 0 Å². The van der Waals surface area contributed by atoms with Gasteiger partial charge in [-0.25, -0.2) is 4.98 Å². The topological polar surface area (TPSA) is 45.7 Å². The van der Waals surface area contributed by atoms with Crippen LogP contribution < -0.4 is 9.64 Å². The summed E-state index contributed by atoms with van der Waals surface area (Å²) in [5.74, 6) is 1.01. The van der Waals surface area contributed by atoms with Crippen molar-refractivity contribution in [2.75, 3.05) is 18.1 Å². The Balaban J connectivity index is 1.81. The number of ether oxygens (including phenoxy) is 1. The van der Waals surface area contributed by atoms with Crippen molar-refractivity contribution in [1.82, 2.24) is 9.88 Å². The summed E-state index contributed by atoms with van der Waals surface area (Å²) in [6, 6.07) is 7.99. The fourth-order valence-corrected chi connectivity index (χ4v) is 4.28. The van der Waals surface area contributed by atoms with Crippen LogP contribution in [-0.4, -0.2) is 35.0 Å². The highest BCUT2D eigenvalue weighted by atomic mass is 32.1.